The number of methoxy groups -OCH3 is 1. The summed E-state index contributed by atoms with van der Waals surface area (Å²) in [7, 11) is 1.62. The van der Waals surface area contributed by atoms with Crippen LogP contribution >= 0.6 is 0 Å². The highest BCUT2D eigenvalue weighted by atomic mass is 16.5. The van der Waals surface area contributed by atoms with E-state index < -0.39 is 11.6 Å². The van der Waals surface area contributed by atoms with Gasteiger partial charge in [-0.2, -0.15) is 0 Å². The molecule has 1 aliphatic heterocycles. The zero-order valence-electron chi connectivity index (χ0n) is 28.2. The van der Waals surface area contributed by atoms with Crippen LogP contribution in [0.5, 0.6) is 11.5 Å². The standard InChI is InChI=1S/C43H42N2O5/c1-48-38-22-11-21-36(30-38)40-43(27-12-16-32-14-5-2-6-15-32,45-41(50-40)35-23-25-37(26-24-35)49-29-13-28-46)42(47)44-31-39(33-17-7-3-8-18-33)34-19-9-4-10-20-34/h2-12,14-26,30,39-40,46H,13,27-29,31H2,1H3,(H,44,47)/b16-12+/t40-,43-/m1/s1. The van der Waals surface area contributed by atoms with Crippen molar-refractivity contribution in [2.24, 2.45) is 4.99 Å². The van der Waals surface area contributed by atoms with E-state index >= 15 is 0 Å². The predicted octanol–water partition coefficient (Wildman–Crippen LogP) is 7.77. The van der Waals surface area contributed by atoms with Gasteiger partial charge in [-0.3, -0.25) is 4.79 Å². The molecule has 1 amide bonds. The molecule has 0 aliphatic carbocycles. The van der Waals surface area contributed by atoms with Gasteiger partial charge >= 0.3 is 0 Å². The number of aliphatic imine (C=N–C) groups is 1. The molecule has 5 aromatic carbocycles. The van der Waals surface area contributed by atoms with Crippen molar-refractivity contribution >= 4 is 17.9 Å². The van der Waals surface area contributed by atoms with Crippen LogP contribution in [0, 0.1) is 0 Å². The summed E-state index contributed by atoms with van der Waals surface area (Å²) in [4.78, 5) is 20.1. The highest BCUT2D eigenvalue weighted by Crippen LogP contribution is 2.44. The van der Waals surface area contributed by atoms with E-state index in [1.54, 1.807) is 7.11 Å². The summed E-state index contributed by atoms with van der Waals surface area (Å²) < 4.78 is 18.1. The first-order chi connectivity index (χ1) is 24.6. The summed E-state index contributed by atoms with van der Waals surface area (Å²) in [6.07, 6.45) is 4.09. The van der Waals surface area contributed by atoms with Crippen molar-refractivity contribution in [3.05, 3.63) is 173 Å². The van der Waals surface area contributed by atoms with E-state index in [0.717, 1.165) is 27.8 Å². The minimum Gasteiger partial charge on any atom is -0.497 e. The molecule has 7 nitrogen and oxygen atoms in total. The molecule has 0 aromatic heterocycles. The molecule has 2 N–H and O–H groups in total. The number of amides is 1. The highest BCUT2D eigenvalue weighted by molar-refractivity contribution is 6.01. The van der Waals surface area contributed by atoms with Crippen LogP contribution in [0.15, 0.2) is 151 Å². The molecule has 0 unspecified atom stereocenters. The third kappa shape index (κ3) is 8.13. The Kier molecular flexibility index (Phi) is 11.4. The Bertz CT molecular complexity index is 1840. The van der Waals surface area contributed by atoms with Crippen LogP contribution in [0.1, 0.15) is 52.7 Å². The number of carbonyl (C=O) groups excluding carboxylic acids is 1. The zero-order chi connectivity index (χ0) is 34.6. The third-order valence-electron chi connectivity index (χ3n) is 8.84. The number of hydrogen-bond donors (Lipinski definition) is 2. The molecule has 6 rings (SSSR count). The van der Waals surface area contributed by atoms with E-state index in [1.165, 1.54) is 0 Å². The number of nitrogens with zero attached hydrogens (tertiary/aromatic N) is 1. The van der Waals surface area contributed by atoms with Gasteiger partial charge in [-0.15, -0.1) is 0 Å². The molecule has 2 atom stereocenters. The van der Waals surface area contributed by atoms with Crippen molar-refractivity contribution < 1.29 is 24.1 Å². The topological polar surface area (TPSA) is 89.4 Å². The average Bonchev–Trinajstić information content (AvgIpc) is 3.57. The highest BCUT2D eigenvalue weighted by Gasteiger charge is 2.52. The molecule has 0 saturated heterocycles. The maximum absolute atomic E-state index is 14.9. The summed E-state index contributed by atoms with van der Waals surface area (Å²) in [5, 5.41) is 12.4. The van der Waals surface area contributed by atoms with Crippen molar-refractivity contribution in [1.29, 1.82) is 0 Å². The lowest BCUT2D eigenvalue weighted by Gasteiger charge is -2.31. The largest absolute Gasteiger partial charge is 0.497 e. The molecule has 0 fully saturated rings. The Morgan fingerprint density at radius 2 is 1.52 bits per heavy atom. The molecule has 5 aromatic rings. The van der Waals surface area contributed by atoms with Crippen LogP contribution in [0.3, 0.4) is 0 Å². The second-order valence-electron chi connectivity index (χ2n) is 12.2. The second-order valence-corrected chi connectivity index (χ2v) is 12.2. The zero-order valence-corrected chi connectivity index (χ0v) is 28.2. The Labute approximate surface area is 293 Å². The average molecular weight is 667 g/mol. The summed E-state index contributed by atoms with van der Waals surface area (Å²) in [5.41, 5.74) is 3.39. The van der Waals surface area contributed by atoms with Crippen molar-refractivity contribution in [2.45, 2.75) is 30.4 Å². The number of ether oxygens (including phenoxy) is 3. The van der Waals surface area contributed by atoms with Gasteiger partial charge in [-0.05, 0) is 58.7 Å². The molecule has 50 heavy (non-hydrogen) atoms. The van der Waals surface area contributed by atoms with E-state index in [0.29, 0.717) is 37.0 Å². The fourth-order valence-electron chi connectivity index (χ4n) is 6.21. The van der Waals surface area contributed by atoms with Crippen molar-refractivity contribution in [3.8, 4) is 11.5 Å². The van der Waals surface area contributed by atoms with Gasteiger partial charge in [-0.1, -0.05) is 115 Å². The van der Waals surface area contributed by atoms with Gasteiger partial charge in [0.2, 0.25) is 5.90 Å². The van der Waals surface area contributed by atoms with Gasteiger partial charge in [0.05, 0.1) is 13.7 Å². The maximum Gasteiger partial charge on any atom is 0.252 e. The predicted molar refractivity (Wildman–Crippen MR) is 198 cm³/mol. The number of aliphatic hydroxyl groups is 1. The number of hydrogen-bond acceptors (Lipinski definition) is 6. The van der Waals surface area contributed by atoms with Crippen LogP contribution in [0.25, 0.3) is 6.08 Å². The lowest BCUT2D eigenvalue weighted by molar-refractivity contribution is -0.128. The molecular formula is C43H42N2O5. The normalized spacial score (nSPS) is 16.9. The summed E-state index contributed by atoms with van der Waals surface area (Å²) in [5.74, 6) is 1.39. The minimum atomic E-state index is -1.35. The number of nitrogens with one attached hydrogen (secondary N) is 1. The van der Waals surface area contributed by atoms with E-state index in [4.69, 9.17) is 24.3 Å². The van der Waals surface area contributed by atoms with Crippen LogP contribution in [-0.2, 0) is 9.53 Å². The van der Waals surface area contributed by atoms with Crippen LogP contribution in [0.2, 0.25) is 0 Å². The van der Waals surface area contributed by atoms with Crippen LogP contribution < -0.4 is 14.8 Å². The molecule has 254 valence electrons. The van der Waals surface area contributed by atoms with Crippen molar-refractivity contribution in [3.63, 3.8) is 0 Å². The number of aliphatic hydroxyl groups excluding tert-OH is 1. The van der Waals surface area contributed by atoms with E-state index in [2.05, 4.69) is 29.6 Å². The Morgan fingerprint density at radius 3 is 2.16 bits per heavy atom. The molecule has 7 heteroatoms. The third-order valence-corrected chi connectivity index (χ3v) is 8.84. The number of benzene rings is 5. The monoisotopic (exact) mass is 666 g/mol. The van der Waals surface area contributed by atoms with Crippen LogP contribution in [-0.4, -0.2) is 49.3 Å². The first kappa shape index (κ1) is 34.2. The molecule has 0 bridgehead atoms. The van der Waals surface area contributed by atoms with Gasteiger partial charge in [0.15, 0.2) is 11.6 Å². The first-order valence-electron chi connectivity index (χ1n) is 16.9. The second kappa shape index (κ2) is 16.6. The van der Waals surface area contributed by atoms with E-state index in [1.807, 2.05) is 127 Å². The maximum atomic E-state index is 14.9. The van der Waals surface area contributed by atoms with Crippen molar-refractivity contribution in [1.82, 2.24) is 5.32 Å². The van der Waals surface area contributed by atoms with Gasteiger partial charge in [0, 0.05) is 37.5 Å². The lowest BCUT2D eigenvalue weighted by Crippen LogP contribution is -2.49. The Morgan fingerprint density at radius 1 is 0.860 bits per heavy atom. The number of rotatable bonds is 15. The fourth-order valence-corrected chi connectivity index (χ4v) is 6.21. The SMILES string of the molecule is COc1cccc([C@H]2OC(c3ccc(OCCCO)cc3)=N[C@@]2(C/C=C/c2ccccc2)C(=O)NCC(c2ccccc2)c2ccccc2)c1. The number of carbonyl (C=O) groups is 1. The smallest absolute Gasteiger partial charge is 0.252 e. The summed E-state index contributed by atoms with van der Waals surface area (Å²) >= 11 is 0. The minimum absolute atomic E-state index is 0.0642. The fraction of sp³-hybridized carbons (Fsp3) is 0.209. The molecule has 0 radical (unpaired) electrons. The molecule has 1 aliphatic rings. The Hall–Kier alpha value is -5.66. The van der Waals surface area contributed by atoms with Crippen molar-refractivity contribution in [2.75, 3.05) is 26.9 Å². The van der Waals surface area contributed by atoms with Gasteiger partial charge in [0.25, 0.3) is 5.91 Å². The lowest BCUT2D eigenvalue weighted by atomic mass is 9.83. The first-order valence-corrected chi connectivity index (χ1v) is 16.9. The molecular weight excluding hydrogens is 624 g/mol. The van der Waals surface area contributed by atoms with Gasteiger partial charge in [-0.25, -0.2) is 4.99 Å². The summed E-state index contributed by atoms with van der Waals surface area (Å²) in [6.45, 7) is 0.844. The van der Waals surface area contributed by atoms with Crippen LogP contribution in [0.4, 0.5) is 0 Å². The molecule has 0 saturated carbocycles. The van der Waals surface area contributed by atoms with E-state index in [-0.39, 0.29) is 24.9 Å². The van der Waals surface area contributed by atoms with E-state index in [9.17, 15) is 4.79 Å². The Balaban J connectivity index is 1.39. The van der Waals surface area contributed by atoms with Gasteiger partial charge in [0.1, 0.15) is 11.5 Å². The van der Waals surface area contributed by atoms with Gasteiger partial charge < -0.3 is 24.6 Å². The summed E-state index contributed by atoms with van der Waals surface area (Å²) in [6, 6.07) is 45.5. The molecule has 1 heterocycles. The molecule has 0 spiro atoms. The quantitative estimate of drug-likeness (QED) is 0.112.